The molecule has 1 saturated heterocycles. The standard InChI is InChI=1S/C31H30F5N9O2/c1-5-15-7-17(45(4)11-15)12-47-30-42-26-22(28(43-30)40-14(3)18-8-16(32)9-38-27(18)37)29(46)41-25(24(26)33)21-19-10-39-44-20(19)6-13(2)23(21)31(34,35)36/h5-6,8-10,14,17H,7,11-12H2,1-4H3,(H2,37,38)(H,39,44)(H,41,46)(H,40,42,43)/b15-5+/t14-,17+/m1/s1. The lowest BCUT2D eigenvalue weighted by Crippen LogP contribution is -2.31. The molecule has 5 N–H and O–H groups in total. The smallest absolute Gasteiger partial charge is 0.417 e. The minimum atomic E-state index is -4.91. The van der Waals surface area contributed by atoms with Crippen molar-refractivity contribution in [2.75, 3.05) is 31.2 Å². The van der Waals surface area contributed by atoms with Crippen molar-refractivity contribution in [1.29, 1.82) is 0 Å². The molecule has 11 nitrogen and oxygen atoms in total. The number of hydrogen-bond acceptors (Lipinski definition) is 9. The van der Waals surface area contributed by atoms with E-state index >= 15 is 4.39 Å². The van der Waals surface area contributed by atoms with Gasteiger partial charge in [0.25, 0.3) is 5.56 Å². The molecule has 0 saturated carbocycles. The van der Waals surface area contributed by atoms with E-state index in [0.29, 0.717) is 6.42 Å². The first-order chi connectivity index (χ1) is 22.3. The third kappa shape index (κ3) is 5.84. The van der Waals surface area contributed by atoms with E-state index in [1.54, 1.807) is 6.92 Å². The Morgan fingerprint density at radius 3 is 2.70 bits per heavy atom. The van der Waals surface area contributed by atoms with Crippen LogP contribution in [0.2, 0.25) is 0 Å². The lowest BCUT2D eigenvalue weighted by Gasteiger charge is -2.21. The van der Waals surface area contributed by atoms with Crippen LogP contribution >= 0.6 is 0 Å². The van der Waals surface area contributed by atoms with Crippen LogP contribution in [0.25, 0.3) is 33.1 Å². The molecule has 47 heavy (non-hydrogen) atoms. The highest BCUT2D eigenvalue weighted by Gasteiger charge is 2.38. The molecule has 0 radical (unpaired) electrons. The number of halogens is 5. The van der Waals surface area contributed by atoms with Crippen molar-refractivity contribution in [3.05, 3.63) is 74.9 Å². The molecule has 16 heteroatoms. The van der Waals surface area contributed by atoms with Gasteiger partial charge in [0.15, 0.2) is 5.82 Å². The summed E-state index contributed by atoms with van der Waals surface area (Å²) in [6, 6.07) is 1.18. The van der Waals surface area contributed by atoms with Gasteiger partial charge in [-0.1, -0.05) is 11.6 Å². The zero-order valence-electron chi connectivity index (χ0n) is 25.7. The monoisotopic (exact) mass is 655 g/mol. The van der Waals surface area contributed by atoms with Crippen molar-refractivity contribution >= 4 is 33.4 Å². The van der Waals surface area contributed by atoms with E-state index in [4.69, 9.17) is 10.5 Å². The number of likely N-dealkylation sites (tertiary alicyclic amines) is 1. The third-order valence-electron chi connectivity index (χ3n) is 8.38. The summed E-state index contributed by atoms with van der Waals surface area (Å²) in [6.45, 7) is 5.58. The number of nitrogens with one attached hydrogen (secondary N) is 3. The highest BCUT2D eigenvalue weighted by atomic mass is 19.4. The fourth-order valence-electron chi connectivity index (χ4n) is 5.99. The largest absolute Gasteiger partial charge is 0.462 e. The van der Waals surface area contributed by atoms with Crippen LogP contribution in [0.1, 0.15) is 43.0 Å². The van der Waals surface area contributed by atoms with Gasteiger partial charge in [0.1, 0.15) is 35.0 Å². The number of H-pyrrole nitrogens is 2. The number of nitrogen functional groups attached to an aromatic ring is 1. The van der Waals surface area contributed by atoms with Crippen LogP contribution in [-0.4, -0.2) is 61.3 Å². The maximum Gasteiger partial charge on any atom is 0.417 e. The molecule has 246 valence electrons. The molecule has 0 aliphatic carbocycles. The molecular weight excluding hydrogens is 625 g/mol. The van der Waals surface area contributed by atoms with E-state index in [2.05, 4.69) is 40.3 Å². The molecule has 1 aliphatic heterocycles. The third-order valence-corrected chi connectivity index (χ3v) is 8.38. The van der Waals surface area contributed by atoms with Gasteiger partial charge >= 0.3 is 12.2 Å². The van der Waals surface area contributed by atoms with Crippen LogP contribution in [0.4, 0.5) is 33.6 Å². The van der Waals surface area contributed by atoms with Gasteiger partial charge in [0.2, 0.25) is 0 Å². The maximum atomic E-state index is 16.7. The number of likely N-dealkylation sites (N-methyl/N-ethyl adjacent to an activating group) is 1. The molecule has 0 amide bonds. The van der Waals surface area contributed by atoms with Crippen molar-refractivity contribution in [2.24, 2.45) is 0 Å². The Labute approximate surface area is 264 Å². The van der Waals surface area contributed by atoms with Crippen LogP contribution in [0.5, 0.6) is 6.01 Å². The van der Waals surface area contributed by atoms with Gasteiger partial charge in [-0.3, -0.25) is 14.8 Å². The number of ether oxygens (including phenoxy) is 1. The average molecular weight is 656 g/mol. The second-order valence-corrected chi connectivity index (χ2v) is 11.5. The molecule has 4 aromatic heterocycles. The first-order valence-electron chi connectivity index (χ1n) is 14.6. The normalized spacial score (nSPS) is 17.2. The Morgan fingerprint density at radius 2 is 2.00 bits per heavy atom. The number of anilines is 2. The molecule has 0 unspecified atom stereocenters. The predicted molar refractivity (Wildman–Crippen MR) is 166 cm³/mol. The number of allylic oxidation sites excluding steroid dienone is 1. The lowest BCUT2D eigenvalue weighted by molar-refractivity contribution is -0.137. The molecule has 0 spiro atoms. The number of pyridine rings is 2. The van der Waals surface area contributed by atoms with Crippen LogP contribution in [0.3, 0.4) is 0 Å². The number of aryl methyl sites for hydroxylation is 1. The van der Waals surface area contributed by atoms with Crippen molar-refractivity contribution in [3.8, 4) is 17.3 Å². The van der Waals surface area contributed by atoms with Gasteiger partial charge in [0, 0.05) is 29.1 Å². The maximum absolute atomic E-state index is 16.7. The lowest BCUT2D eigenvalue weighted by atomic mass is 9.94. The van der Waals surface area contributed by atoms with Gasteiger partial charge < -0.3 is 20.8 Å². The number of fused-ring (bicyclic) bond motifs is 2. The summed E-state index contributed by atoms with van der Waals surface area (Å²) < 4.78 is 80.0. The Balaban J connectivity index is 1.55. The number of benzene rings is 1. The van der Waals surface area contributed by atoms with Gasteiger partial charge in [0.05, 0.1) is 35.2 Å². The van der Waals surface area contributed by atoms with E-state index < -0.39 is 57.1 Å². The Kier molecular flexibility index (Phi) is 8.07. The summed E-state index contributed by atoms with van der Waals surface area (Å²) in [5.74, 6) is -2.13. The molecule has 5 aromatic rings. The van der Waals surface area contributed by atoms with Crippen molar-refractivity contribution in [2.45, 2.75) is 45.5 Å². The highest BCUT2D eigenvalue weighted by molar-refractivity contribution is 5.99. The highest BCUT2D eigenvalue weighted by Crippen LogP contribution is 2.44. The molecule has 0 bridgehead atoms. The summed E-state index contributed by atoms with van der Waals surface area (Å²) in [7, 11) is 1.92. The summed E-state index contributed by atoms with van der Waals surface area (Å²) >= 11 is 0. The van der Waals surface area contributed by atoms with E-state index in [-0.39, 0.29) is 52.3 Å². The van der Waals surface area contributed by atoms with Gasteiger partial charge in [-0.05, 0) is 51.9 Å². The second-order valence-electron chi connectivity index (χ2n) is 11.5. The van der Waals surface area contributed by atoms with Crippen molar-refractivity contribution < 1.29 is 26.7 Å². The number of aromatic amines is 2. The van der Waals surface area contributed by atoms with Crippen LogP contribution < -0.4 is 21.3 Å². The SMILES string of the molecule is C/C=C1\C[C@@H](COc2nc(N[C@H](C)c3cc(F)cnc3N)c3c(=O)[nH]c(-c4c(C(F)(F)F)c(C)cc5[nH]ncc45)c(F)c3n2)N(C)C1. The zero-order chi connectivity index (χ0) is 33.8. The van der Waals surface area contributed by atoms with Crippen molar-refractivity contribution in [3.63, 3.8) is 0 Å². The van der Waals surface area contributed by atoms with Gasteiger partial charge in [-0.25, -0.2) is 13.8 Å². The van der Waals surface area contributed by atoms with Crippen LogP contribution in [0, 0.1) is 18.6 Å². The molecular formula is C31H30F5N9O2. The second kappa shape index (κ2) is 11.9. The molecule has 5 heterocycles. The predicted octanol–water partition coefficient (Wildman–Crippen LogP) is 5.65. The molecule has 1 aromatic carbocycles. The number of alkyl halides is 3. The minimum absolute atomic E-state index is 0.00378. The van der Waals surface area contributed by atoms with E-state index in [1.165, 1.54) is 18.6 Å². The van der Waals surface area contributed by atoms with Crippen LogP contribution in [-0.2, 0) is 6.18 Å². The molecule has 1 fully saturated rings. The van der Waals surface area contributed by atoms with Gasteiger partial charge in [-0.2, -0.15) is 28.2 Å². The Hall–Kier alpha value is -5.12. The van der Waals surface area contributed by atoms with E-state index in [0.717, 1.165) is 25.0 Å². The topological polar surface area (TPSA) is 151 Å². The minimum Gasteiger partial charge on any atom is -0.462 e. The fourth-order valence-corrected chi connectivity index (χ4v) is 5.99. The summed E-state index contributed by atoms with van der Waals surface area (Å²) in [5.41, 5.74) is 3.32. The number of aromatic nitrogens is 6. The van der Waals surface area contributed by atoms with E-state index in [9.17, 15) is 22.4 Å². The first-order valence-corrected chi connectivity index (χ1v) is 14.6. The number of rotatable bonds is 7. The van der Waals surface area contributed by atoms with Crippen LogP contribution in [0.15, 0.2) is 41.0 Å². The Morgan fingerprint density at radius 1 is 1.23 bits per heavy atom. The summed E-state index contributed by atoms with van der Waals surface area (Å²) in [5, 5.41) is 8.92. The summed E-state index contributed by atoms with van der Waals surface area (Å²) in [4.78, 5) is 30.4. The van der Waals surface area contributed by atoms with E-state index in [1.807, 2.05) is 20.0 Å². The molecule has 6 rings (SSSR count). The fraction of sp³-hybridized carbons (Fsp3) is 0.323. The Bertz CT molecular complexity index is 2110. The quantitative estimate of drug-likeness (QED) is 0.129. The molecule has 2 atom stereocenters. The number of nitrogens with zero attached hydrogens (tertiary/aromatic N) is 5. The van der Waals surface area contributed by atoms with Crippen molar-refractivity contribution in [1.82, 2.24) is 35.0 Å². The summed E-state index contributed by atoms with van der Waals surface area (Å²) in [6.07, 6.45) is -0.126. The zero-order valence-corrected chi connectivity index (χ0v) is 25.7. The first kappa shape index (κ1) is 31.8. The molecule has 1 aliphatic rings. The van der Waals surface area contributed by atoms with Gasteiger partial charge in [-0.15, -0.1) is 0 Å². The number of nitrogens with two attached hydrogens (primary N) is 1. The average Bonchev–Trinajstić information content (AvgIpc) is 3.63. The number of hydrogen-bond donors (Lipinski definition) is 4.